The van der Waals surface area contributed by atoms with E-state index >= 15 is 0 Å². The van der Waals surface area contributed by atoms with Gasteiger partial charge < -0.3 is 9.88 Å². The molecule has 1 N–H and O–H groups in total. The molecule has 1 heterocycles. The van der Waals surface area contributed by atoms with E-state index in [9.17, 15) is 9.59 Å². The van der Waals surface area contributed by atoms with E-state index in [0.29, 0.717) is 11.0 Å². The van der Waals surface area contributed by atoms with Crippen molar-refractivity contribution >= 4 is 16.9 Å². The molecule has 2 aromatic carbocycles. The third-order valence-corrected chi connectivity index (χ3v) is 3.84. The molecule has 3 aromatic rings. The molecule has 23 heavy (non-hydrogen) atoms. The lowest BCUT2D eigenvalue weighted by molar-refractivity contribution is 0.0933. The smallest absolute Gasteiger partial charge is 0.282 e. The quantitative estimate of drug-likeness (QED) is 0.808. The van der Waals surface area contributed by atoms with Crippen molar-refractivity contribution in [2.75, 3.05) is 0 Å². The molecule has 0 aliphatic rings. The first-order chi connectivity index (χ1) is 11.1. The van der Waals surface area contributed by atoms with Gasteiger partial charge in [-0.2, -0.15) is 0 Å². The highest BCUT2D eigenvalue weighted by atomic mass is 16.2. The molecule has 0 aliphatic heterocycles. The van der Waals surface area contributed by atoms with Crippen LogP contribution in [0.15, 0.2) is 59.4 Å². The summed E-state index contributed by atoms with van der Waals surface area (Å²) in [6, 6.07) is 16.6. The highest BCUT2D eigenvalue weighted by Gasteiger charge is 2.18. The minimum Gasteiger partial charge on any atom is -0.344 e. The van der Waals surface area contributed by atoms with Crippen molar-refractivity contribution in [2.45, 2.75) is 13.0 Å². The van der Waals surface area contributed by atoms with Crippen LogP contribution in [0.25, 0.3) is 11.0 Å². The molecule has 116 valence electrons. The van der Waals surface area contributed by atoms with Crippen LogP contribution in [0.3, 0.4) is 0 Å². The highest BCUT2D eigenvalue weighted by molar-refractivity contribution is 5.94. The van der Waals surface area contributed by atoms with Crippen LogP contribution in [0.2, 0.25) is 0 Å². The maximum Gasteiger partial charge on any atom is 0.282 e. The highest BCUT2D eigenvalue weighted by Crippen LogP contribution is 2.12. The van der Waals surface area contributed by atoms with Crippen molar-refractivity contribution in [1.29, 1.82) is 0 Å². The Hall–Kier alpha value is -2.95. The lowest BCUT2D eigenvalue weighted by Gasteiger charge is -2.14. The molecular weight excluding hydrogens is 290 g/mol. The predicted molar refractivity (Wildman–Crippen MR) is 89.3 cm³/mol. The third kappa shape index (κ3) is 2.85. The van der Waals surface area contributed by atoms with Gasteiger partial charge in [-0.25, -0.2) is 4.98 Å². The predicted octanol–water partition coefficient (Wildman–Crippen LogP) is 2.42. The van der Waals surface area contributed by atoms with E-state index in [2.05, 4.69) is 10.3 Å². The van der Waals surface area contributed by atoms with Crippen molar-refractivity contribution in [1.82, 2.24) is 14.9 Å². The minimum atomic E-state index is -0.465. The number of aromatic nitrogens is 2. The normalized spacial score (nSPS) is 12.1. The zero-order valence-electron chi connectivity index (χ0n) is 13.0. The standard InChI is InChI=1S/C18H17N3O2/c1-12(13-8-4-3-5-9-13)19-17(22)16-18(23)21(2)15-11-7-6-10-14(15)20-16/h3-12H,1-2H3,(H,19,22)/t12-/m0/s1. The molecule has 5 nitrogen and oxygen atoms in total. The molecular formula is C18H17N3O2. The monoisotopic (exact) mass is 307 g/mol. The second-order valence-electron chi connectivity index (χ2n) is 5.42. The van der Waals surface area contributed by atoms with Gasteiger partial charge in [-0.05, 0) is 24.6 Å². The third-order valence-electron chi connectivity index (χ3n) is 3.84. The number of fused-ring (bicyclic) bond motifs is 1. The van der Waals surface area contributed by atoms with Crippen molar-refractivity contribution in [2.24, 2.45) is 7.05 Å². The molecule has 1 amide bonds. The van der Waals surface area contributed by atoms with Gasteiger partial charge in [0.15, 0.2) is 5.69 Å². The Balaban J connectivity index is 1.95. The number of hydrogen-bond acceptors (Lipinski definition) is 3. The second kappa shape index (κ2) is 6.04. The van der Waals surface area contributed by atoms with Crippen molar-refractivity contribution < 1.29 is 4.79 Å². The number of benzene rings is 2. The van der Waals surface area contributed by atoms with Crippen LogP contribution in [0.4, 0.5) is 0 Å². The summed E-state index contributed by atoms with van der Waals surface area (Å²) in [7, 11) is 1.64. The van der Waals surface area contributed by atoms with E-state index in [-0.39, 0.29) is 11.7 Å². The number of amides is 1. The summed E-state index contributed by atoms with van der Waals surface area (Å²) < 4.78 is 1.45. The largest absolute Gasteiger partial charge is 0.344 e. The van der Waals surface area contributed by atoms with Crippen LogP contribution in [0.1, 0.15) is 29.0 Å². The fourth-order valence-corrected chi connectivity index (χ4v) is 2.52. The summed E-state index contributed by atoms with van der Waals surface area (Å²) in [6.07, 6.45) is 0. The first-order valence-corrected chi connectivity index (χ1v) is 7.39. The van der Waals surface area contributed by atoms with E-state index in [1.807, 2.05) is 49.4 Å². The maximum atomic E-state index is 12.5. The number of nitrogens with zero attached hydrogens (tertiary/aromatic N) is 2. The number of nitrogens with one attached hydrogen (secondary N) is 1. The summed E-state index contributed by atoms with van der Waals surface area (Å²) in [5, 5.41) is 2.83. The zero-order valence-corrected chi connectivity index (χ0v) is 13.0. The van der Waals surface area contributed by atoms with Crippen LogP contribution in [-0.2, 0) is 7.05 Å². The van der Waals surface area contributed by atoms with Gasteiger partial charge in [-0.3, -0.25) is 9.59 Å². The Kier molecular flexibility index (Phi) is 3.93. The Morgan fingerprint density at radius 1 is 1.09 bits per heavy atom. The topological polar surface area (TPSA) is 64.0 Å². The molecule has 0 saturated heterocycles. The zero-order chi connectivity index (χ0) is 16.4. The average Bonchev–Trinajstić information content (AvgIpc) is 2.58. The molecule has 0 aliphatic carbocycles. The van der Waals surface area contributed by atoms with Crippen LogP contribution >= 0.6 is 0 Å². The van der Waals surface area contributed by atoms with Crippen LogP contribution in [0, 0.1) is 0 Å². The molecule has 1 aromatic heterocycles. The van der Waals surface area contributed by atoms with Crippen molar-refractivity contribution in [3.8, 4) is 0 Å². The lowest BCUT2D eigenvalue weighted by Crippen LogP contribution is -2.35. The lowest BCUT2D eigenvalue weighted by atomic mass is 10.1. The average molecular weight is 307 g/mol. The van der Waals surface area contributed by atoms with E-state index in [4.69, 9.17) is 0 Å². The van der Waals surface area contributed by atoms with Crippen molar-refractivity contribution in [3.05, 3.63) is 76.2 Å². The molecule has 0 unspecified atom stereocenters. The van der Waals surface area contributed by atoms with Gasteiger partial charge in [-0.15, -0.1) is 0 Å². The van der Waals surface area contributed by atoms with Gasteiger partial charge >= 0.3 is 0 Å². The molecule has 0 radical (unpaired) electrons. The van der Waals surface area contributed by atoms with Gasteiger partial charge in [0.2, 0.25) is 0 Å². The Morgan fingerprint density at radius 2 is 1.74 bits per heavy atom. The summed E-state index contributed by atoms with van der Waals surface area (Å²) in [5.41, 5.74) is 1.80. The van der Waals surface area contributed by atoms with Crippen molar-refractivity contribution in [3.63, 3.8) is 0 Å². The maximum absolute atomic E-state index is 12.5. The fourth-order valence-electron chi connectivity index (χ4n) is 2.52. The first kappa shape index (κ1) is 15.0. The number of rotatable bonds is 3. The SMILES string of the molecule is C[C@H](NC(=O)c1nc2ccccc2n(C)c1=O)c1ccccc1. The van der Waals surface area contributed by atoms with Crippen LogP contribution in [0.5, 0.6) is 0 Å². The Bertz CT molecular complexity index is 916. The molecule has 0 bridgehead atoms. The van der Waals surface area contributed by atoms with Gasteiger partial charge in [0, 0.05) is 7.05 Å². The van der Waals surface area contributed by atoms with E-state index in [1.54, 1.807) is 19.2 Å². The van der Waals surface area contributed by atoms with E-state index in [0.717, 1.165) is 5.56 Å². The van der Waals surface area contributed by atoms with Gasteiger partial charge in [0.1, 0.15) is 0 Å². The second-order valence-corrected chi connectivity index (χ2v) is 5.42. The summed E-state index contributed by atoms with van der Waals surface area (Å²) in [5.74, 6) is -0.465. The molecule has 3 rings (SSSR count). The first-order valence-electron chi connectivity index (χ1n) is 7.39. The number of carbonyl (C=O) groups excluding carboxylic acids is 1. The van der Waals surface area contributed by atoms with E-state index < -0.39 is 11.5 Å². The number of carbonyl (C=O) groups is 1. The van der Waals surface area contributed by atoms with Crippen LogP contribution < -0.4 is 10.9 Å². The molecule has 5 heteroatoms. The van der Waals surface area contributed by atoms with Crippen LogP contribution in [-0.4, -0.2) is 15.5 Å². The number of hydrogen-bond donors (Lipinski definition) is 1. The number of para-hydroxylation sites is 2. The Morgan fingerprint density at radius 3 is 2.48 bits per heavy atom. The van der Waals surface area contributed by atoms with Gasteiger partial charge in [0.25, 0.3) is 11.5 Å². The Labute approximate surface area is 133 Å². The summed E-state index contributed by atoms with van der Waals surface area (Å²) in [4.78, 5) is 29.1. The minimum absolute atomic E-state index is 0.0889. The molecule has 0 saturated carbocycles. The summed E-state index contributed by atoms with van der Waals surface area (Å²) >= 11 is 0. The molecule has 0 fully saturated rings. The molecule has 1 atom stereocenters. The molecule has 0 spiro atoms. The van der Waals surface area contributed by atoms with Gasteiger partial charge in [0.05, 0.1) is 17.1 Å². The van der Waals surface area contributed by atoms with E-state index in [1.165, 1.54) is 4.57 Å². The number of aryl methyl sites for hydroxylation is 1. The summed E-state index contributed by atoms with van der Waals surface area (Å²) in [6.45, 7) is 1.87. The fraction of sp³-hybridized carbons (Fsp3) is 0.167. The van der Waals surface area contributed by atoms with Gasteiger partial charge in [-0.1, -0.05) is 42.5 Å².